The van der Waals surface area contributed by atoms with Gasteiger partial charge in [-0.1, -0.05) is 12.1 Å². The number of nitrogens with zero attached hydrogens (tertiary/aromatic N) is 2. The van der Waals surface area contributed by atoms with E-state index in [9.17, 15) is 18.0 Å². The third-order valence-corrected chi connectivity index (χ3v) is 4.66. The minimum absolute atomic E-state index is 0.0227. The molecule has 144 valence electrons. The van der Waals surface area contributed by atoms with Crippen molar-refractivity contribution < 1.29 is 23.1 Å². The van der Waals surface area contributed by atoms with Crippen LogP contribution in [0.2, 0.25) is 0 Å². The number of halogens is 3. The largest absolute Gasteiger partial charge is 0.481 e. The molecule has 1 aliphatic rings. The first-order valence-electron chi connectivity index (χ1n) is 8.53. The number of hydrogen-bond donors (Lipinski definition) is 2. The minimum atomic E-state index is -4.38. The Morgan fingerprint density at radius 3 is 2.30 bits per heavy atom. The van der Waals surface area contributed by atoms with E-state index < -0.39 is 17.7 Å². The Bertz CT molecular complexity index is 809. The van der Waals surface area contributed by atoms with E-state index in [0.717, 1.165) is 23.5 Å². The van der Waals surface area contributed by atoms with Crippen LogP contribution in [0.1, 0.15) is 12.0 Å². The highest BCUT2D eigenvalue weighted by Gasteiger charge is 2.32. The summed E-state index contributed by atoms with van der Waals surface area (Å²) < 4.78 is 38.5. The second-order valence-corrected chi connectivity index (χ2v) is 6.37. The van der Waals surface area contributed by atoms with Gasteiger partial charge in [0.25, 0.3) is 0 Å². The van der Waals surface area contributed by atoms with Gasteiger partial charge in [0, 0.05) is 25.3 Å². The summed E-state index contributed by atoms with van der Waals surface area (Å²) in [5, 5.41) is 9.01. The number of carboxylic acids is 1. The molecule has 0 aromatic heterocycles. The zero-order chi connectivity index (χ0) is 19.6. The van der Waals surface area contributed by atoms with Gasteiger partial charge < -0.3 is 20.6 Å². The average molecular weight is 379 g/mol. The van der Waals surface area contributed by atoms with Gasteiger partial charge in [0.2, 0.25) is 0 Å². The molecule has 1 atom stereocenters. The second-order valence-electron chi connectivity index (χ2n) is 6.37. The van der Waals surface area contributed by atoms with Crippen LogP contribution in [-0.2, 0) is 11.0 Å². The average Bonchev–Trinajstić information content (AvgIpc) is 2.65. The fourth-order valence-corrected chi connectivity index (χ4v) is 3.34. The van der Waals surface area contributed by atoms with Gasteiger partial charge in [0.15, 0.2) is 0 Å². The van der Waals surface area contributed by atoms with E-state index in [-0.39, 0.29) is 12.5 Å². The van der Waals surface area contributed by atoms with Crippen molar-refractivity contribution in [1.82, 2.24) is 0 Å². The maximum atomic E-state index is 12.8. The fourth-order valence-electron chi connectivity index (χ4n) is 3.34. The molecule has 0 saturated heterocycles. The van der Waals surface area contributed by atoms with E-state index in [1.165, 1.54) is 12.1 Å². The minimum Gasteiger partial charge on any atom is -0.481 e. The molecule has 2 aromatic rings. The highest BCUT2D eigenvalue weighted by molar-refractivity contribution is 5.80. The number of hydrogen-bond acceptors (Lipinski definition) is 4. The standard InChI is InChI=1S/C19H20F3N3O2/c20-19(21,22)13-5-7-14(8-6-13)25-12-15(11-23)24(10-9-18(26)27)16-3-1-2-4-17(16)25/h1-8,15H,9-12,23H2,(H,26,27). The predicted octanol–water partition coefficient (Wildman–Crippen LogP) is 3.47. The van der Waals surface area contributed by atoms with E-state index >= 15 is 0 Å². The van der Waals surface area contributed by atoms with Crippen LogP contribution in [0.5, 0.6) is 0 Å². The number of nitrogens with two attached hydrogens (primary N) is 1. The first-order chi connectivity index (χ1) is 12.8. The number of aliphatic carboxylic acids is 1. The van der Waals surface area contributed by atoms with Crippen molar-refractivity contribution in [3.63, 3.8) is 0 Å². The summed E-state index contributed by atoms with van der Waals surface area (Å²) in [6, 6.07) is 12.3. The van der Waals surface area contributed by atoms with Crippen LogP contribution in [0.15, 0.2) is 48.5 Å². The molecule has 0 amide bonds. The molecule has 3 N–H and O–H groups in total. The number of alkyl halides is 3. The van der Waals surface area contributed by atoms with Gasteiger partial charge in [0.1, 0.15) is 0 Å². The van der Waals surface area contributed by atoms with Gasteiger partial charge in [-0.3, -0.25) is 4.79 Å². The molecule has 0 bridgehead atoms. The van der Waals surface area contributed by atoms with Crippen molar-refractivity contribution in [3.05, 3.63) is 54.1 Å². The summed E-state index contributed by atoms with van der Waals surface area (Å²) in [7, 11) is 0. The summed E-state index contributed by atoms with van der Waals surface area (Å²) in [5.41, 5.74) is 7.48. The summed E-state index contributed by atoms with van der Waals surface area (Å²) in [6.45, 7) is 1.07. The number of carbonyl (C=O) groups is 1. The van der Waals surface area contributed by atoms with Crippen molar-refractivity contribution >= 4 is 23.0 Å². The first-order valence-corrected chi connectivity index (χ1v) is 8.53. The normalized spacial score (nSPS) is 17.0. The summed E-state index contributed by atoms with van der Waals surface area (Å²) in [5.74, 6) is -0.895. The topological polar surface area (TPSA) is 69.8 Å². The van der Waals surface area contributed by atoms with Crippen LogP contribution in [0.4, 0.5) is 30.2 Å². The van der Waals surface area contributed by atoms with Gasteiger partial charge in [-0.05, 0) is 36.4 Å². The Morgan fingerprint density at radius 2 is 1.74 bits per heavy atom. The molecule has 5 nitrogen and oxygen atoms in total. The first kappa shape index (κ1) is 19.0. The van der Waals surface area contributed by atoms with Gasteiger partial charge >= 0.3 is 12.1 Å². The highest BCUT2D eigenvalue weighted by atomic mass is 19.4. The molecule has 8 heteroatoms. The predicted molar refractivity (Wildman–Crippen MR) is 97.3 cm³/mol. The van der Waals surface area contributed by atoms with Gasteiger partial charge in [-0.25, -0.2) is 0 Å². The van der Waals surface area contributed by atoms with Crippen molar-refractivity contribution in [1.29, 1.82) is 0 Å². The van der Waals surface area contributed by atoms with Gasteiger partial charge in [-0.15, -0.1) is 0 Å². The molecule has 27 heavy (non-hydrogen) atoms. The van der Waals surface area contributed by atoms with Crippen LogP contribution >= 0.6 is 0 Å². The lowest BCUT2D eigenvalue weighted by molar-refractivity contribution is -0.138. The quantitative estimate of drug-likeness (QED) is 0.833. The van der Waals surface area contributed by atoms with Crippen LogP contribution in [0, 0.1) is 0 Å². The molecule has 0 saturated carbocycles. The van der Waals surface area contributed by atoms with Crippen LogP contribution in [0.25, 0.3) is 0 Å². The van der Waals surface area contributed by atoms with Gasteiger partial charge in [-0.2, -0.15) is 13.2 Å². The molecule has 0 aliphatic carbocycles. The number of benzene rings is 2. The molecule has 1 heterocycles. The van der Waals surface area contributed by atoms with E-state index in [4.69, 9.17) is 10.8 Å². The second kappa shape index (κ2) is 7.48. The Balaban J connectivity index is 1.96. The summed E-state index contributed by atoms with van der Waals surface area (Å²) in [4.78, 5) is 14.9. The lowest BCUT2D eigenvalue weighted by Gasteiger charge is -2.44. The number of fused-ring (bicyclic) bond motifs is 1. The summed E-state index contributed by atoms with van der Waals surface area (Å²) in [6.07, 6.45) is -4.41. The molecule has 3 rings (SSSR count). The molecule has 2 aromatic carbocycles. The Kier molecular flexibility index (Phi) is 5.27. The van der Waals surface area contributed by atoms with Crippen LogP contribution < -0.4 is 15.5 Å². The maximum Gasteiger partial charge on any atom is 0.416 e. The zero-order valence-electron chi connectivity index (χ0n) is 14.5. The Labute approximate surface area is 154 Å². The monoisotopic (exact) mass is 379 g/mol. The number of para-hydroxylation sites is 2. The smallest absolute Gasteiger partial charge is 0.416 e. The number of rotatable bonds is 5. The van der Waals surface area contributed by atoms with Crippen LogP contribution in [-0.4, -0.2) is 36.8 Å². The number of anilines is 3. The Morgan fingerprint density at radius 1 is 1.11 bits per heavy atom. The molecule has 1 aliphatic heterocycles. The SMILES string of the molecule is NCC1CN(c2ccc(C(F)(F)F)cc2)c2ccccc2N1CCC(=O)O. The zero-order valence-corrected chi connectivity index (χ0v) is 14.5. The molecule has 0 radical (unpaired) electrons. The third-order valence-electron chi connectivity index (χ3n) is 4.66. The maximum absolute atomic E-state index is 12.8. The van der Waals surface area contributed by atoms with E-state index in [2.05, 4.69) is 0 Å². The van der Waals surface area contributed by atoms with E-state index in [1.807, 2.05) is 34.1 Å². The van der Waals surface area contributed by atoms with Gasteiger partial charge in [0.05, 0.1) is 29.4 Å². The molecule has 0 fully saturated rings. The highest BCUT2D eigenvalue weighted by Crippen LogP contribution is 2.40. The van der Waals surface area contributed by atoms with Crippen molar-refractivity contribution in [2.75, 3.05) is 29.4 Å². The van der Waals surface area contributed by atoms with Crippen LogP contribution in [0.3, 0.4) is 0 Å². The van der Waals surface area contributed by atoms with E-state index in [0.29, 0.717) is 25.3 Å². The molecular formula is C19H20F3N3O2. The number of carboxylic acid groups (broad SMARTS) is 1. The molecular weight excluding hydrogens is 359 g/mol. The van der Waals surface area contributed by atoms with Crippen molar-refractivity contribution in [2.45, 2.75) is 18.6 Å². The molecule has 0 spiro atoms. The Hall–Kier alpha value is -2.74. The molecule has 1 unspecified atom stereocenters. The van der Waals surface area contributed by atoms with E-state index in [1.54, 1.807) is 0 Å². The lowest BCUT2D eigenvalue weighted by Crippen LogP contribution is -2.51. The third kappa shape index (κ3) is 4.00. The lowest BCUT2D eigenvalue weighted by atomic mass is 10.0. The van der Waals surface area contributed by atoms with Crippen molar-refractivity contribution in [3.8, 4) is 0 Å². The fraction of sp³-hybridized carbons (Fsp3) is 0.316. The summed E-state index contributed by atoms with van der Waals surface area (Å²) >= 11 is 0. The van der Waals surface area contributed by atoms with Crippen molar-refractivity contribution in [2.24, 2.45) is 5.73 Å².